The van der Waals surface area contributed by atoms with Gasteiger partial charge in [0.2, 0.25) is 0 Å². The zero-order valence-corrected chi connectivity index (χ0v) is 18.0. The van der Waals surface area contributed by atoms with E-state index < -0.39 is 6.10 Å². The molecule has 2 aromatic heterocycles. The summed E-state index contributed by atoms with van der Waals surface area (Å²) in [5, 5.41) is 14.5. The summed E-state index contributed by atoms with van der Waals surface area (Å²) in [6.45, 7) is 8.85. The molecule has 1 saturated heterocycles. The molecular formula is C23H29FN6O. The number of benzene rings is 1. The van der Waals surface area contributed by atoms with Crippen LogP contribution in [0.2, 0.25) is 0 Å². The predicted octanol–water partition coefficient (Wildman–Crippen LogP) is 2.82. The van der Waals surface area contributed by atoms with E-state index in [9.17, 15) is 9.50 Å². The average molecular weight is 425 g/mol. The molecule has 164 valence electrons. The molecule has 0 saturated carbocycles. The van der Waals surface area contributed by atoms with Gasteiger partial charge in [0.05, 0.1) is 18.8 Å². The first-order valence-corrected chi connectivity index (χ1v) is 10.7. The molecule has 1 aliphatic heterocycles. The molecule has 8 heteroatoms. The maximum absolute atomic E-state index is 13.3. The third-order valence-electron chi connectivity index (χ3n) is 5.70. The number of aliphatic hydroxyl groups is 1. The minimum absolute atomic E-state index is 0.210. The fourth-order valence-electron chi connectivity index (χ4n) is 3.74. The van der Waals surface area contributed by atoms with Crippen molar-refractivity contribution in [3.8, 4) is 11.3 Å². The van der Waals surface area contributed by atoms with Crippen molar-refractivity contribution in [2.24, 2.45) is 5.92 Å². The summed E-state index contributed by atoms with van der Waals surface area (Å²) in [7, 11) is 0. The number of halogens is 1. The van der Waals surface area contributed by atoms with Gasteiger partial charge in [0.25, 0.3) is 0 Å². The van der Waals surface area contributed by atoms with E-state index in [2.05, 4.69) is 24.9 Å². The van der Waals surface area contributed by atoms with Crippen LogP contribution in [-0.2, 0) is 13.1 Å². The van der Waals surface area contributed by atoms with Crippen LogP contribution in [0.25, 0.3) is 11.3 Å². The standard InChI is InChI=1S/C23H29FN6O/c1-17(2)21(31)16-30-15-18(13-27-30)14-28-9-11-29(12-10-28)23-22(25-7-8-26-23)19-3-5-20(24)6-4-19/h3-8,13,15,17,21,31H,9-12,14,16H2,1-2H3. The lowest BCUT2D eigenvalue weighted by Crippen LogP contribution is -2.46. The largest absolute Gasteiger partial charge is 0.391 e. The van der Waals surface area contributed by atoms with Crippen molar-refractivity contribution < 1.29 is 9.50 Å². The quantitative estimate of drug-likeness (QED) is 0.629. The van der Waals surface area contributed by atoms with Crippen molar-refractivity contribution in [1.82, 2.24) is 24.6 Å². The highest BCUT2D eigenvalue weighted by Gasteiger charge is 2.22. The Morgan fingerprint density at radius 2 is 1.74 bits per heavy atom. The number of aromatic nitrogens is 4. The monoisotopic (exact) mass is 424 g/mol. The Bertz CT molecular complexity index is 982. The Kier molecular flexibility index (Phi) is 6.58. The van der Waals surface area contributed by atoms with E-state index in [4.69, 9.17) is 0 Å². The Morgan fingerprint density at radius 3 is 2.45 bits per heavy atom. The Labute approximate surface area is 182 Å². The van der Waals surface area contributed by atoms with Crippen LogP contribution in [0.15, 0.2) is 49.1 Å². The lowest BCUT2D eigenvalue weighted by molar-refractivity contribution is 0.103. The van der Waals surface area contributed by atoms with Gasteiger partial charge >= 0.3 is 0 Å². The molecule has 0 radical (unpaired) electrons. The number of rotatable bonds is 7. The first kappa shape index (κ1) is 21.4. The zero-order valence-electron chi connectivity index (χ0n) is 18.0. The molecule has 1 aromatic carbocycles. The van der Waals surface area contributed by atoms with Crippen molar-refractivity contribution in [2.75, 3.05) is 31.1 Å². The van der Waals surface area contributed by atoms with Crippen LogP contribution in [0.4, 0.5) is 10.2 Å². The summed E-state index contributed by atoms with van der Waals surface area (Å²) >= 11 is 0. The van der Waals surface area contributed by atoms with E-state index in [0.717, 1.165) is 55.4 Å². The van der Waals surface area contributed by atoms with Crippen LogP contribution >= 0.6 is 0 Å². The molecule has 1 unspecified atom stereocenters. The molecule has 1 N–H and O–H groups in total. The Hall–Kier alpha value is -2.84. The van der Waals surface area contributed by atoms with E-state index >= 15 is 0 Å². The van der Waals surface area contributed by atoms with Gasteiger partial charge in [-0.1, -0.05) is 13.8 Å². The zero-order chi connectivity index (χ0) is 21.8. The van der Waals surface area contributed by atoms with Crippen LogP contribution in [-0.4, -0.2) is 62.0 Å². The van der Waals surface area contributed by atoms with Crippen LogP contribution in [0, 0.1) is 11.7 Å². The van der Waals surface area contributed by atoms with Crippen molar-refractivity contribution in [1.29, 1.82) is 0 Å². The van der Waals surface area contributed by atoms with Gasteiger partial charge in [0.15, 0.2) is 5.82 Å². The average Bonchev–Trinajstić information content (AvgIpc) is 3.21. The molecule has 3 heterocycles. The molecule has 0 amide bonds. The number of piperazine rings is 1. The summed E-state index contributed by atoms with van der Waals surface area (Å²) in [5.74, 6) is 0.788. The highest BCUT2D eigenvalue weighted by Crippen LogP contribution is 2.27. The van der Waals surface area contributed by atoms with Crippen LogP contribution in [0.5, 0.6) is 0 Å². The van der Waals surface area contributed by atoms with E-state index in [1.165, 1.54) is 12.1 Å². The van der Waals surface area contributed by atoms with E-state index in [-0.39, 0.29) is 11.7 Å². The molecule has 1 fully saturated rings. The minimum atomic E-state index is -0.390. The SMILES string of the molecule is CC(C)C(O)Cn1cc(CN2CCN(c3nccnc3-c3ccc(F)cc3)CC2)cn1. The third-order valence-corrected chi connectivity index (χ3v) is 5.70. The van der Waals surface area contributed by atoms with Gasteiger partial charge in [-0.05, 0) is 30.2 Å². The summed E-state index contributed by atoms with van der Waals surface area (Å²) in [6, 6.07) is 6.39. The molecule has 4 rings (SSSR count). The van der Waals surface area contributed by atoms with E-state index in [1.807, 2.05) is 30.9 Å². The fraction of sp³-hybridized carbons (Fsp3) is 0.435. The van der Waals surface area contributed by atoms with E-state index in [1.54, 1.807) is 24.5 Å². The summed E-state index contributed by atoms with van der Waals surface area (Å²) in [6.07, 6.45) is 6.89. The first-order valence-electron chi connectivity index (χ1n) is 10.7. The summed E-state index contributed by atoms with van der Waals surface area (Å²) in [5.41, 5.74) is 2.79. The second-order valence-electron chi connectivity index (χ2n) is 8.38. The van der Waals surface area contributed by atoms with Gasteiger partial charge in [-0.15, -0.1) is 0 Å². The van der Waals surface area contributed by atoms with Crippen molar-refractivity contribution in [2.45, 2.75) is 33.0 Å². The molecule has 31 heavy (non-hydrogen) atoms. The smallest absolute Gasteiger partial charge is 0.155 e. The van der Waals surface area contributed by atoms with Crippen molar-refractivity contribution in [3.63, 3.8) is 0 Å². The van der Waals surface area contributed by atoms with Gasteiger partial charge in [-0.25, -0.2) is 9.37 Å². The molecule has 1 aliphatic rings. The number of anilines is 1. The second-order valence-corrected chi connectivity index (χ2v) is 8.38. The van der Waals surface area contributed by atoms with Gasteiger partial charge in [-0.3, -0.25) is 14.6 Å². The lowest BCUT2D eigenvalue weighted by Gasteiger charge is -2.35. The summed E-state index contributed by atoms with van der Waals surface area (Å²) in [4.78, 5) is 13.7. The minimum Gasteiger partial charge on any atom is -0.391 e. The van der Waals surface area contributed by atoms with Crippen molar-refractivity contribution in [3.05, 3.63) is 60.4 Å². The van der Waals surface area contributed by atoms with Crippen LogP contribution in [0.1, 0.15) is 19.4 Å². The Balaban J connectivity index is 1.37. The second kappa shape index (κ2) is 9.53. The molecule has 1 atom stereocenters. The highest BCUT2D eigenvalue weighted by atomic mass is 19.1. The lowest BCUT2D eigenvalue weighted by atomic mass is 10.1. The third kappa shape index (κ3) is 5.26. The fourth-order valence-corrected chi connectivity index (χ4v) is 3.74. The summed E-state index contributed by atoms with van der Waals surface area (Å²) < 4.78 is 15.1. The number of hydrogen-bond acceptors (Lipinski definition) is 6. The molecule has 0 spiro atoms. The van der Waals surface area contributed by atoms with Gasteiger partial charge in [-0.2, -0.15) is 5.10 Å². The normalized spacial score (nSPS) is 16.1. The maximum atomic E-state index is 13.3. The molecular weight excluding hydrogens is 395 g/mol. The molecule has 0 bridgehead atoms. The molecule has 0 aliphatic carbocycles. The molecule has 7 nitrogen and oxygen atoms in total. The van der Waals surface area contributed by atoms with Gasteiger partial charge in [0.1, 0.15) is 11.5 Å². The number of aliphatic hydroxyl groups excluding tert-OH is 1. The highest BCUT2D eigenvalue weighted by molar-refractivity contribution is 5.72. The predicted molar refractivity (Wildman–Crippen MR) is 118 cm³/mol. The van der Waals surface area contributed by atoms with Crippen LogP contribution < -0.4 is 4.90 Å². The maximum Gasteiger partial charge on any atom is 0.155 e. The topological polar surface area (TPSA) is 70.3 Å². The first-order chi connectivity index (χ1) is 15.0. The Morgan fingerprint density at radius 1 is 1.03 bits per heavy atom. The van der Waals surface area contributed by atoms with Crippen molar-refractivity contribution >= 4 is 5.82 Å². The van der Waals surface area contributed by atoms with Gasteiger partial charge < -0.3 is 10.0 Å². The van der Waals surface area contributed by atoms with E-state index in [0.29, 0.717) is 6.54 Å². The molecule has 3 aromatic rings. The van der Waals surface area contributed by atoms with Crippen LogP contribution in [0.3, 0.4) is 0 Å². The number of hydrogen-bond donors (Lipinski definition) is 1. The van der Waals surface area contributed by atoms with Gasteiger partial charge in [0, 0.05) is 62.4 Å². The number of nitrogens with zero attached hydrogens (tertiary/aromatic N) is 6.